The van der Waals surface area contributed by atoms with E-state index in [1.807, 2.05) is 6.07 Å². The van der Waals surface area contributed by atoms with Gasteiger partial charge in [-0.05, 0) is 32.9 Å². The third kappa shape index (κ3) is 3.45. The molecule has 6 nitrogen and oxygen atoms in total. The molecule has 2 aromatic rings. The van der Waals surface area contributed by atoms with Gasteiger partial charge >= 0.3 is 5.97 Å². The van der Waals surface area contributed by atoms with E-state index in [0.29, 0.717) is 16.8 Å². The van der Waals surface area contributed by atoms with Gasteiger partial charge in [-0.3, -0.25) is 9.67 Å². The van der Waals surface area contributed by atoms with Gasteiger partial charge < -0.3 is 4.74 Å². The second-order valence-corrected chi connectivity index (χ2v) is 5.61. The lowest BCUT2D eigenvalue weighted by atomic mass is 10.1. The normalized spacial score (nSPS) is 11.0. The Kier molecular flexibility index (Phi) is 3.76. The average Bonchev–Trinajstić information content (AvgIpc) is 2.79. The van der Waals surface area contributed by atoms with Crippen LogP contribution in [0.2, 0.25) is 0 Å². The van der Waals surface area contributed by atoms with Crippen molar-refractivity contribution in [2.24, 2.45) is 7.05 Å². The molecule has 0 fully saturated rings. The molecule has 0 aromatic carbocycles. The van der Waals surface area contributed by atoms with Crippen LogP contribution in [0.15, 0.2) is 24.5 Å². The molecule has 0 N–H and O–H groups in total. The molecular weight excluding hydrogens is 268 g/mol. The van der Waals surface area contributed by atoms with Crippen LogP contribution in [-0.4, -0.2) is 26.3 Å². The van der Waals surface area contributed by atoms with Crippen molar-refractivity contribution in [1.29, 1.82) is 5.26 Å². The van der Waals surface area contributed by atoms with Gasteiger partial charge in [-0.15, -0.1) is 0 Å². The smallest absolute Gasteiger partial charge is 0.360 e. The molecule has 0 bridgehead atoms. The number of rotatable bonds is 2. The maximum atomic E-state index is 12.2. The van der Waals surface area contributed by atoms with Crippen molar-refractivity contribution in [3.8, 4) is 17.3 Å². The molecule has 0 atom stereocenters. The molecule has 0 aliphatic rings. The number of aryl methyl sites for hydroxylation is 1. The first-order valence-electron chi connectivity index (χ1n) is 6.43. The van der Waals surface area contributed by atoms with E-state index in [-0.39, 0.29) is 5.69 Å². The quantitative estimate of drug-likeness (QED) is 0.790. The number of hydrogen-bond donors (Lipinski definition) is 0. The Balaban J connectivity index is 2.41. The van der Waals surface area contributed by atoms with Crippen LogP contribution >= 0.6 is 0 Å². The Bertz CT molecular complexity index is 703. The van der Waals surface area contributed by atoms with E-state index in [2.05, 4.69) is 10.1 Å². The Morgan fingerprint density at radius 1 is 1.38 bits per heavy atom. The number of esters is 1. The van der Waals surface area contributed by atoms with Crippen LogP contribution in [0.3, 0.4) is 0 Å². The van der Waals surface area contributed by atoms with Gasteiger partial charge in [0, 0.05) is 19.4 Å². The molecule has 108 valence electrons. The van der Waals surface area contributed by atoms with Gasteiger partial charge in [0.1, 0.15) is 11.7 Å². The topological polar surface area (TPSA) is 80.8 Å². The van der Waals surface area contributed by atoms with Gasteiger partial charge in [-0.1, -0.05) is 0 Å². The van der Waals surface area contributed by atoms with Crippen LogP contribution in [0.1, 0.15) is 36.8 Å². The highest BCUT2D eigenvalue weighted by atomic mass is 16.6. The molecule has 2 rings (SSSR count). The van der Waals surface area contributed by atoms with E-state index in [4.69, 9.17) is 10.00 Å². The van der Waals surface area contributed by atoms with Crippen molar-refractivity contribution in [3.05, 3.63) is 35.8 Å². The van der Waals surface area contributed by atoms with Crippen molar-refractivity contribution in [2.45, 2.75) is 26.4 Å². The molecule has 6 heteroatoms. The number of carbonyl (C=O) groups is 1. The Morgan fingerprint density at radius 2 is 2.10 bits per heavy atom. The lowest BCUT2D eigenvalue weighted by molar-refractivity contribution is 0.00629. The third-order valence-corrected chi connectivity index (χ3v) is 2.59. The molecule has 0 unspecified atom stereocenters. The first-order chi connectivity index (χ1) is 9.80. The monoisotopic (exact) mass is 284 g/mol. The summed E-state index contributed by atoms with van der Waals surface area (Å²) in [5, 5.41) is 12.9. The van der Waals surface area contributed by atoms with Crippen LogP contribution in [-0.2, 0) is 11.8 Å². The summed E-state index contributed by atoms with van der Waals surface area (Å²) in [5.74, 6) is -0.496. The van der Waals surface area contributed by atoms with E-state index >= 15 is 0 Å². The number of ether oxygens (including phenoxy) is 1. The predicted octanol–water partition coefficient (Wildman–Crippen LogP) is 2.31. The van der Waals surface area contributed by atoms with E-state index in [0.717, 1.165) is 0 Å². The maximum absolute atomic E-state index is 12.2. The average molecular weight is 284 g/mol. The summed E-state index contributed by atoms with van der Waals surface area (Å²) in [6, 6.07) is 5.34. The zero-order valence-corrected chi connectivity index (χ0v) is 12.4. The van der Waals surface area contributed by atoms with E-state index in [1.165, 1.54) is 10.9 Å². The van der Waals surface area contributed by atoms with Gasteiger partial charge in [-0.25, -0.2) is 4.79 Å². The lowest BCUT2D eigenvalue weighted by Crippen LogP contribution is -2.24. The number of hydrogen-bond acceptors (Lipinski definition) is 5. The van der Waals surface area contributed by atoms with E-state index in [9.17, 15) is 4.79 Å². The van der Waals surface area contributed by atoms with Crippen LogP contribution in [0.25, 0.3) is 11.3 Å². The second kappa shape index (κ2) is 5.37. The molecule has 2 heterocycles. The molecule has 0 saturated carbocycles. The molecule has 0 aliphatic carbocycles. The van der Waals surface area contributed by atoms with Gasteiger partial charge in [0.2, 0.25) is 0 Å². The molecule has 2 aromatic heterocycles. The highest BCUT2D eigenvalue weighted by Gasteiger charge is 2.24. The van der Waals surface area contributed by atoms with Crippen molar-refractivity contribution in [1.82, 2.24) is 14.8 Å². The van der Waals surface area contributed by atoms with Crippen molar-refractivity contribution in [2.75, 3.05) is 0 Å². The summed E-state index contributed by atoms with van der Waals surface area (Å²) in [7, 11) is 1.72. The highest BCUT2D eigenvalue weighted by Crippen LogP contribution is 2.23. The fourth-order valence-corrected chi connectivity index (χ4v) is 1.77. The van der Waals surface area contributed by atoms with Gasteiger partial charge in [0.25, 0.3) is 0 Å². The standard InChI is InChI=1S/C15H16N4O2/c1-15(2,3)21-14(20)13-11(9-19(4)18-13)12-6-5-10(7-16)8-17-12/h5-6,8-9H,1-4H3. The summed E-state index contributed by atoms with van der Waals surface area (Å²) in [6.07, 6.45) is 3.16. The Morgan fingerprint density at radius 3 is 2.62 bits per heavy atom. The third-order valence-electron chi connectivity index (χ3n) is 2.59. The minimum Gasteiger partial charge on any atom is -0.455 e. The highest BCUT2D eigenvalue weighted by molar-refractivity contribution is 5.94. The van der Waals surface area contributed by atoms with Gasteiger partial charge in [0.15, 0.2) is 5.69 Å². The number of pyridine rings is 1. The molecule has 0 spiro atoms. The van der Waals surface area contributed by atoms with Crippen molar-refractivity contribution in [3.63, 3.8) is 0 Å². The van der Waals surface area contributed by atoms with Crippen LogP contribution in [0.4, 0.5) is 0 Å². The molecule has 0 amide bonds. The second-order valence-electron chi connectivity index (χ2n) is 5.61. The van der Waals surface area contributed by atoms with E-state index in [1.54, 1.807) is 46.1 Å². The minimum absolute atomic E-state index is 0.213. The van der Waals surface area contributed by atoms with Crippen LogP contribution in [0.5, 0.6) is 0 Å². The first-order valence-corrected chi connectivity index (χ1v) is 6.43. The van der Waals surface area contributed by atoms with Crippen LogP contribution in [0, 0.1) is 11.3 Å². The lowest BCUT2D eigenvalue weighted by Gasteiger charge is -2.18. The molecule has 21 heavy (non-hydrogen) atoms. The summed E-state index contributed by atoms with van der Waals surface area (Å²) in [5.41, 5.74) is 1.23. The predicted molar refractivity (Wildman–Crippen MR) is 76.3 cm³/mol. The zero-order chi connectivity index (χ0) is 15.6. The molecule has 0 aliphatic heterocycles. The number of aromatic nitrogens is 3. The van der Waals surface area contributed by atoms with Crippen molar-refractivity contribution < 1.29 is 9.53 Å². The van der Waals surface area contributed by atoms with Gasteiger partial charge in [-0.2, -0.15) is 10.4 Å². The summed E-state index contributed by atoms with van der Waals surface area (Å²) in [6.45, 7) is 5.40. The first kappa shape index (κ1) is 14.7. The Labute approximate surface area is 123 Å². The fraction of sp³-hybridized carbons (Fsp3) is 0.333. The van der Waals surface area contributed by atoms with E-state index < -0.39 is 11.6 Å². The molecule has 0 saturated heterocycles. The zero-order valence-electron chi connectivity index (χ0n) is 12.4. The maximum Gasteiger partial charge on any atom is 0.360 e. The van der Waals surface area contributed by atoms with Crippen LogP contribution < -0.4 is 0 Å². The number of nitrogens with zero attached hydrogens (tertiary/aromatic N) is 4. The SMILES string of the molecule is Cn1cc(-c2ccc(C#N)cn2)c(C(=O)OC(C)(C)C)n1. The van der Waals surface area contributed by atoms with Gasteiger partial charge in [0.05, 0.1) is 16.8 Å². The molecule has 0 radical (unpaired) electrons. The fourth-order valence-electron chi connectivity index (χ4n) is 1.77. The number of carbonyl (C=O) groups excluding carboxylic acids is 1. The van der Waals surface area contributed by atoms with Crippen molar-refractivity contribution >= 4 is 5.97 Å². The number of nitriles is 1. The Hall–Kier alpha value is -2.68. The minimum atomic E-state index is -0.593. The summed E-state index contributed by atoms with van der Waals surface area (Å²) in [4.78, 5) is 16.4. The largest absolute Gasteiger partial charge is 0.455 e. The summed E-state index contributed by atoms with van der Waals surface area (Å²) >= 11 is 0. The molecular formula is C15H16N4O2. The summed E-state index contributed by atoms with van der Waals surface area (Å²) < 4.78 is 6.89.